The molecule has 0 aromatic heterocycles. The third-order valence-corrected chi connectivity index (χ3v) is 4.15. The Balaban J connectivity index is 2.34. The highest BCUT2D eigenvalue weighted by Crippen LogP contribution is 2.25. The summed E-state index contributed by atoms with van der Waals surface area (Å²) in [5.74, 6) is -0.424. The molecule has 134 valence electrons. The lowest BCUT2D eigenvalue weighted by Crippen LogP contribution is -2.35. The van der Waals surface area contributed by atoms with Crippen LogP contribution in [0.15, 0.2) is 65.1 Å². The van der Waals surface area contributed by atoms with Crippen molar-refractivity contribution in [3.05, 3.63) is 66.2 Å². The van der Waals surface area contributed by atoms with Gasteiger partial charge < -0.3 is 10.2 Å². The van der Waals surface area contributed by atoms with Crippen LogP contribution in [0.5, 0.6) is 0 Å². The van der Waals surface area contributed by atoms with Crippen molar-refractivity contribution in [2.45, 2.75) is 12.1 Å². The van der Waals surface area contributed by atoms with Crippen LogP contribution in [-0.2, 0) is 16.6 Å². The van der Waals surface area contributed by atoms with E-state index in [9.17, 15) is 21.6 Å². The molecule has 1 N–H and O–H groups in total. The molecule has 0 aliphatic rings. The first-order valence-corrected chi connectivity index (χ1v) is 8.61. The Morgan fingerprint density at radius 1 is 1.04 bits per heavy atom. The minimum atomic E-state index is -5.67. The molecular formula is C16H16F3N3O2S. The van der Waals surface area contributed by atoms with Gasteiger partial charge in [0.2, 0.25) is 5.96 Å². The van der Waals surface area contributed by atoms with E-state index in [1.807, 2.05) is 0 Å². The van der Waals surface area contributed by atoms with Crippen molar-refractivity contribution < 1.29 is 21.6 Å². The van der Waals surface area contributed by atoms with Gasteiger partial charge in [-0.15, -0.1) is 4.40 Å². The van der Waals surface area contributed by atoms with Crippen LogP contribution < -0.4 is 5.32 Å². The van der Waals surface area contributed by atoms with E-state index in [1.165, 1.54) is 11.9 Å². The fourth-order valence-electron chi connectivity index (χ4n) is 1.94. The summed E-state index contributed by atoms with van der Waals surface area (Å²) in [7, 11) is -4.22. The maximum Gasteiger partial charge on any atom is 0.518 e. The Labute approximate surface area is 143 Å². The lowest BCUT2D eigenvalue weighted by Gasteiger charge is -2.22. The molecule has 0 heterocycles. The molecule has 0 unspecified atom stereocenters. The summed E-state index contributed by atoms with van der Waals surface area (Å²) in [6, 6.07) is 17.1. The maximum absolute atomic E-state index is 12.7. The summed E-state index contributed by atoms with van der Waals surface area (Å²) >= 11 is 0. The highest BCUT2D eigenvalue weighted by Gasteiger charge is 2.46. The zero-order valence-electron chi connectivity index (χ0n) is 13.2. The van der Waals surface area contributed by atoms with Gasteiger partial charge in [-0.3, -0.25) is 0 Å². The van der Waals surface area contributed by atoms with Crippen LogP contribution in [0.3, 0.4) is 0 Å². The second-order valence-corrected chi connectivity index (χ2v) is 6.76. The van der Waals surface area contributed by atoms with Gasteiger partial charge in [-0.2, -0.15) is 21.6 Å². The molecule has 0 amide bonds. The van der Waals surface area contributed by atoms with Gasteiger partial charge in [0, 0.05) is 19.3 Å². The number of benzene rings is 2. The number of nitrogens with zero attached hydrogens (tertiary/aromatic N) is 2. The van der Waals surface area contributed by atoms with Crippen molar-refractivity contribution in [2.75, 3.05) is 12.4 Å². The number of halogens is 3. The van der Waals surface area contributed by atoms with Crippen molar-refractivity contribution in [2.24, 2.45) is 4.40 Å². The topological polar surface area (TPSA) is 61.8 Å². The Morgan fingerprint density at radius 3 is 2.08 bits per heavy atom. The second-order valence-electron chi connectivity index (χ2n) is 5.17. The fraction of sp³-hybridized carbons (Fsp3) is 0.188. The number of alkyl halides is 3. The average molecular weight is 371 g/mol. The summed E-state index contributed by atoms with van der Waals surface area (Å²) in [5, 5.41) is 2.62. The molecule has 0 radical (unpaired) electrons. The molecule has 2 aromatic rings. The van der Waals surface area contributed by atoms with Crippen LogP contribution in [0.2, 0.25) is 0 Å². The van der Waals surface area contributed by atoms with Crippen molar-refractivity contribution >= 4 is 21.7 Å². The monoisotopic (exact) mass is 371 g/mol. The van der Waals surface area contributed by atoms with E-state index in [0.717, 1.165) is 5.56 Å². The Hall–Kier alpha value is -2.55. The fourth-order valence-corrected chi connectivity index (χ4v) is 2.45. The van der Waals surface area contributed by atoms with E-state index in [4.69, 9.17) is 0 Å². The van der Waals surface area contributed by atoms with E-state index in [0.29, 0.717) is 5.69 Å². The number of anilines is 1. The first-order chi connectivity index (χ1) is 11.7. The minimum Gasteiger partial charge on any atom is -0.341 e. The number of sulfonamides is 1. The molecule has 0 bridgehead atoms. The van der Waals surface area contributed by atoms with Crippen LogP contribution in [0.4, 0.5) is 18.9 Å². The first kappa shape index (κ1) is 18.8. The predicted molar refractivity (Wildman–Crippen MR) is 90.4 cm³/mol. The molecule has 0 aliphatic carbocycles. The van der Waals surface area contributed by atoms with Crippen LogP contribution in [0.1, 0.15) is 5.56 Å². The van der Waals surface area contributed by atoms with E-state index in [-0.39, 0.29) is 6.54 Å². The molecular weight excluding hydrogens is 355 g/mol. The Kier molecular flexibility index (Phi) is 5.68. The molecule has 9 heteroatoms. The lowest BCUT2D eigenvalue weighted by atomic mass is 10.2. The maximum atomic E-state index is 12.7. The molecule has 25 heavy (non-hydrogen) atoms. The number of para-hydroxylation sites is 1. The highest BCUT2D eigenvalue weighted by molar-refractivity contribution is 7.91. The smallest absolute Gasteiger partial charge is 0.341 e. The summed E-state index contributed by atoms with van der Waals surface area (Å²) in [5.41, 5.74) is -4.26. The summed E-state index contributed by atoms with van der Waals surface area (Å²) in [6.45, 7) is 0.173. The number of hydrogen-bond donors (Lipinski definition) is 1. The van der Waals surface area contributed by atoms with Gasteiger partial charge in [0.1, 0.15) is 0 Å². The molecule has 2 aromatic carbocycles. The van der Waals surface area contributed by atoms with Crippen LogP contribution in [0.25, 0.3) is 0 Å². The molecule has 0 saturated heterocycles. The number of guanidine groups is 1. The van der Waals surface area contributed by atoms with Crippen LogP contribution in [-0.4, -0.2) is 31.8 Å². The van der Waals surface area contributed by atoms with Crippen molar-refractivity contribution in [3.63, 3.8) is 0 Å². The van der Waals surface area contributed by atoms with Gasteiger partial charge in [0.05, 0.1) is 0 Å². The van der Waals surface area contributed by atoms with Gasteiger partial charge in [-0.1, -0.05) is 48.5 Å². The van der Waals surface area contributed by atoms with Gasteiger partial charge in [-0.05, 0) is 17.7 Å². The minimum absolute atomic E-state index is 0.173. The summed E-state index contributed by atoms with van der Waals surface area (Å²) < 4.78 is 63.9. The zero-order chi connectivity index (χ0) is 18.5. The molecule has 0 saturated carbocycles. The predicted octanol–water partition coefficient (Wildman–Crippen LogP) is 3.44. The van der Waals surface area contributed by atoms with Gasteiger partial charge >= 0.3 is 15.5 Å². The quantitative estimate of drug-likeness (QED) is 0.661. The summed E-state index contributed by atoms with van der Waals surface area (Å²) in [4.78, 5) is 1.30. The van der Waals surface area contributed by atoms with E-state index >= 15 is 0 Å². The van der Waals surface area contributed by atoms with Crippen molar-refractivity contribution in [3.8, 4) is 0 Å². The molecule has 0 spiro atoms. The van der Waals surface area contributed by atoms with E-state index < -0.39 is 21.5 Å². The molecule has 2 rings (SSSR count). The van der Waals surface area contributed by atoms with Crippen LogP contribution >= 0.6 is 0 Å². The highest BCUT2D eigenvalue weighted by atomic mass is 32.2. The number of rotatable bonds is 4. The third-order valence-electron chi connectivity index (χ3n) is 3.15. The molecule has 0 atom stereocenters. The normalized spacial score (nSPS) is 12.7. The average Bonchev–Trinajstić information content (AvgIpc) is 2.55. The first-order valence-electron chi connectivity index (χ1n) is 7.17. The van der Waals surface area contributed by atoms with Crippen molar-refractivity contribution in [1.82, 2.24) is 4.90 Å². The Bertz CT molecular complexity index is 823. The van der Waals surface area contributed by atoms with Crippen LogP contribution in [0, 0.1) is 0 Å². The largest absolute Gasteiger partial charge is 0.518 e. The van der Waals surface area contributed by atoms with E-state index in [2.05, 4.69) is 9.71 Å². The third kappa shape index (κ3) is 5.21. The summed E-state index contributed by atoms with van der Waals surface area (Å²) in [6.07, 6.45) is 0. The van der Waals surface area contributed by atoms with Gasteiger partial charge in [-0.25, -0.2) is 0 Å². The standard InChI is InChI=1S/C16H16F3N3O2S/c1-22(12-13-8-4-2-5-9-13)15(20-14-10-6-3-7-11-14)21-25(23,24)16(17,18)19/h2-11H,12H2,1H3,(H,20,21). The molecule has 5 nitrogen and oxygen atoms in total. The SMILES string of the molecule is CN(Cc1ccccc1)/C(=N\S(=O)(=O)C(F)(F)F)Nc1ccccc1. The van der Waals surface area contributed by atoms with Gasteiger partial charge in [0.15, 0.2) is 0 Å². The number of nitrogens with one attached hydrogen (secondary N) is 1. The lowest BCUT2D eigenvalue weighted by molar-refractivity contribution is -0.0435. The molecule has 0 fully saturated rings. The van der Waals surface area contributed by atoms with E-state index in [1.54, 1.807) is 60.7 Å². The van der Waals surface area contributed by atoms with Gasteiger partial charge in [0.25, 0.3) is 0 Å². The molecule has 0 aliphatic heterocycles. The number of hydrogen-bond acceptors (Lipinski definition) is 2. The second kappa shape index (κ2) is 7.56. The zero-order valence-corrected chi connectivity index (χ0v) is 14.1. The van der Waals surface area contributed by atoms with Crippen molar-refractivity contribution in [1.29, 1.82) is 0 Å². The Morgan fingerprint density at radius 2 is 1.56 bits per heavy atom.